The van der Waals surface area contributed by atoms with Gasteiger partial charge in [-0.25, -0.2) is 4.79 Å². The van der Waals surface area contributed by atoms with Crippen molar-refractivity contribution in [1.29, 1.82) is 0 Å². The fourth-order valence-electron chi connectivity index (χ4n) is 3.01. The van der Waals surface area contributed by atoms with E-state index < -0.39 is 12.3 Å². The Hall–Kier alpha value is -2.31. The topological polar surface area (TPSA) is 66.0 Å². The summed E-state index contributed by atoms with van der Waals surface area (Å²) in [6, 6.07) is 7.80. The van der Waals surface area contributed by atoms with Crippen LogP contribution in [0.25, 0.3) is 0 Å². The van der Waals surface area contributed by atoms with Crippen molar-refractivity contribution in [3.05, 3.63) is 53.9 Å². The summed E-state index contributed by atoms with van der Waals surface area (Å²) >= 11 is 0. The summed E-state index contributed by atoms with van der Waals surface area (Å²) in [5.74, 6) is 0.264. The van der Waals surface area contributed by atoms with E-state index in [1.165, 1.54) is 6.42 Å². The van der Waals surface area contributed by atoms with Gasteiger partial charge in [0.15, 0.2) is 6.29 Å². The van der Waals surface area contributed by atoms with Crippen LogP contribution in [0.2, 0.25) is 0 Å². The number of dihydropyridines is 1. The lowest BCUT2D eigenvalue weighted by Crippen LogP contribution is -2.28. The van der Waals surface area contributed by atoms with Gasteiger partial charge in [0, 0.05) is 13.0 Å². The summed E-state index contributed by atoms with van der Waals surface area (Å²) in [5.41, 5.74) is 1.61. The van der Waals surface area contributed by atoms with Crippen LogP contribution in [0, 0.1) is 0 Å². The zero-order chi connectivity index (χ0) is 19.6. The molecule has 0 radical (unpaired) electrons. The number of allylic oxidation sites excluding steroid dienone is 2. The van der Waals surface area contributed by atoms with Crippen LogP contribution in [-0.2, 0) is 25.4 Å². The third kappa shape index (κ3) is 6.39. The number of ether oxygens (including phenoxy) is 4. The van der Waals surface area contributed by atoms with Crippen LogP contribution in [0.5, 0.6) is 5.75 Å². The average Bonchev–Trinajstić information content (AvgIpc) is 2.75. The molecule has 152 valence electrons. The first kappa shape index (κ1) is 20.4. The number of benzene rings is 1. The van der Waals surface area contributed by atoms with Crippen LogP contribution in [-0.4, -0.2) is 31.8 Å². The summed E-state index contributed by atoms with van der Waals surface area (Å²) in [6.45, 7) is 3.35. The molecule has 2 heterocycles. The van der Waals surface area contributed by atoms with Crippen LogP contribution >= 0.6 is 0 Å². The predicted molar refractivity (Wildman–Crippen MR) is 105 cm³/mol. The number of carbonyl (C=O) groups excluding carboxylic acids is 1. The van der Waals surface area contributed by atoms with Gasteiger partial charge in [0.2, 0.25) is 6.29 Å². The minimum Gasteiger partial charge on any atom is -0.455 e. The second-order valence-electron chi connectivity index (χ2n) is 6.82. The molecule has 1 aromatic rings. The van der Waals surface area contributed by atoms with Crippen LogP contribution in [0.15, 0.2) is 48.3 Å². The quantitative estimate of drug-likeness (QED) is 0.513. The Balaban J connectivity index is 1.42. The maximum atomic E-state index is 12.2. The Morgan fingerprint density at radius 1 is 1.29 bits per heavy atom. The largest absolute Gasteiger partial charge is 0.455 e. The standard InChI is InChI=1S/C22H29NO5/c1-2-20(28-22(24)19-7-3-5-14-23-19)27-18-11-9-17(10-12-18)13-16-26-21-8-4-6-15-25-21/h5,7,9-12,14,20-21,23H,2-4,6,8,13,15-16H2,1H3. The molecule has 1 fully saturated rings. The van der Waals surface area contributed by atoms with Crippen molar-refractivity contribution >= 4 is 5.97 Å². The van der Waals surface area contributed by atoms with Crippen molar-refractivity contribution in [3.8, 4) is 5.75 Å². The molecule has 0 spiro atoms. The van der Waals surface area contributed by atoms with Gasteiger partial charge in [-0.3, -0.25) is 0 Å². The molecular weight excluding hydrogens is 358 g/mol. The first-order valence-corrected chi connectivity index (χ1v) is 10.1. The molecule has 0 amide bonds. The first-order chi connectivity index (χ1) is 13.7. The second-order valence-corrected chi connectivity index (χ2v) is 6.82. The number of esters is 1. The molecule has 0 bridgehead atoms. The molecule has 1 N–H and O–H groups in total. The molecule has 1 aromatic carbocycles. The zero-order valence-electron chi connectivity index (χ0n) is 16.4. The van der Waals surface area contributed by atoms with Gasteiger partial charge >= 0.3 is 5.97 Å². The highest BCUT2D eigenvalue weighted by atomic mass is 16.7. The third-order valence-electron chi connectivity index (χ3n) is 4.63. The number of rotatable bonds is 9. The zero-order valence-corrected chi connectivity index (χ0v) is 16.4. The van der Waals surface area contributed by atoms with Crippen molar-refractivity contribution in [2.75, 3.05) is 13.2 Å². The maximum absolute atomic E-state index is 12.2. The van der Waals surface area contributed by atoms with E-state index in [-0.39, 0.29) is 6.29 Å². The van der Waals surface area contributed by atoms with E-state index in [0.717, 1.165) is 31.4 Å². The van der Waals surface area contributed by atoms with Gasteiger partial charge in [0.1, 0.15) is 11.4 Å². The van der Waals surface area contributed by atoms with E-state index in [1.54, 1.807) is 12.3 Å². The van der Waals surface area contributed by atoms with Crippen molar-refractivity contribution in [1.82, 2.24) is 5.32 Å². The van der Waals surface area contributed by atoms with Gasteiger partial charge < -0.3 is 24.3 Å². The summed E-state index contributed by atoms with van der Waals surface area (Å²) in [6.07, 6.45) is 10.2. The van der Waals surface area contributed by atoms with Crippen LogP contribution in [0.1, 0.15) is 44.6 Å². The highest BCUT2D eigenvalue weighted by molar-refractivity contribution is 5.88. The van der Waals surface area contributed by atoms with Gasteiger partial charge in [-0.2, -0.15) is 0 Å². The average molecular weight is 387 g/mol. The van der Waals surface area contributed by atoms with Crippen molar-refractivity contribution in [3.63, 3.8) is 0 Å². The van der Waals surface area contributed by atoms with Crippen molar-refractivity contribution in [2.45, 2.75) is 58.0 Å². The Kier molecular flexibility index (Phi) is 7.94. The molecule has 0 saturated carbocycles. The normalized spacial score (nSPS) is 20.0. The monoisotopic (exact) mass is 387 g/mol. The Bertz CT molecular complexity index is 677. The predicted octanol–water partition coefficient (Wildman–Crippen LogP) is 3.82. The fraction of sp³-hybridized carbons (Fsp3) is 0.500. The highest BCUT2D eigenvalue weighted by Gasteiger charge is 2.18. The molecule has 2 unspecified atom stereocenters. The van der Waals surface area contributed by atoms with Gasteiger partial charge in [0.05, 0.1) is 6.61 Å². The van der Waals surface area contributed by atoms with Crippen LogP contribution in [0.4, 0.5) is 0 Å². The lowest BCUT2D eigenvalue weighted by Gasteiger charge is -2.22. The summed E-state index contributed by atoms with van der Waals surface area (Å²) in [7, 11) is 0. The molecule has 28 heavy (non-hydrogen) atoms. The minimum atomic E-state index is -0.626. The lowest BCUT2D eigenvalue weighted by molar-refractivity contribution is -0.161. The Morgan fingerprint density at radius 2 is 2.14 bits per heavy atom. The maximum Gasteiger partial charge on any atom is 0.357 e. The highest BCUT2D eigenvalue weighted by Crippen LogP contribution is 2.18. The molecule has 2 atom stereocenters. The van der Waals surface area contributed by atoms with Crippen molar-refractivity contribution < 1.29 is 23.7 Å². The fourth-order valence-corrected chi connectivity index (χ4v) is 3.01. The van der Waals surface area contributed by atoms with E-state index >= 15 is 0 Å². The minimum absolute atomic E-state index is 0.0550. The molecule has 3 rings (SSSR count). The Morgan fingerprint density at radius 3 is 2.82 bits per heavy atom. The van der Waals surface area contributed by atoms with E-state index in [2.05, 4.69) is 5.32 Å². The number of hydrogen-bond donors (Lipinski definition) is 1. The van der Waals surface area contributed by atoms with Gasteiger partial charge in [-0.15, -0.1) is 0 Å². The van der Waals surface area contributed by atoms with Gasteiger partial charge in [-0.1, -0.05) is 25.1 Å². The number of nitrogens with one attached hydrogen (secondary N) is 1. The van der Waals surface area contributed by atoms with E-state index in [4.69, 9.17) is 18.9 Å². The molecule has 0 aromatic heterocycles. The molecule has 2 aliphatic rings. The Labute approximate surface area is 166 Å². The summed E-state index contributed by atoms with van der Waals surface area (Å²) in [5, 5.41) is 2.89. The third-order valence-corrected chi connectivity index (χ3v) is 4.63. The lowest BCUT2D eigenvalue weighted by atomic mass is 10.1. The van der Waals surface area contributed by atoms with E-state index in [0.29, 0.717) is 30.9 Å². The number of carbonyl (C=O) groups is 1. The van der Waals surface area contributed by atoms with Crippen LogP contribution in [0.3, 0.4) is 0 Å². The number of hydrogen-bond acceptors (Lipinski definition) is 6. The molecule has 0 aliphatic carbocycles. The molecule has 1 saturated heterocycles. The molecule has 6 heteroatoms. The van der Waals surface area contributed by atoms with Crippen LogP contribution < -0.4 is 10.1 Å². The van der Waals surface area contributed by atoms with E-state index in [1.807, 2.05) is 37.3 Å². The summed E-state index contributed by atoms with van der Waals surface area (Å²) in [4.78, 5) is 12.2. The van der Waals surface area contributed by atoms with E-state index in [9.17, 15) is 4.79 Å². The van der Waals surface area contributed by atoms with Gasteiger partial charge in [-0.05, 0) is 62.1 Å². The second kappa shape index (κ2) is 10.9. The SMILES string of the molecule is CCC(OC(=O)C1=CCC=CN1)Oc1ccc(CCOC2CCCCO2)cc1. The smallest absolute Gasteiger partial charge is 0.357 e. The first-order valence-electron chi connectivity index (χ1n) is 10.1. The van der Waals surface area contributed by atoms with Crippen molar-refractivity contribution in [2.24, 2.45) is 0 Å². The molecule has 6 nitrogen and oxygen atoms in total. The molecule has 2 aliphatic heterocycles. The van der Waals surface area contributed by atoms with Gasteiger partial charge in [0.25, 0.3) is 0 Å². The summed E-state index contributed by atoms with van der Waals surface area (Å²) < 4.78 is 22.6. The molecular formula is C22H29NO5.